The van der Waals surface area contributed by atoms with Gasteiger partial charge in [-0.25, -0.2) is 0 Å². The van der Waals surface area contributed by atoms with Crippen molar-refractivity contribution in [2.45, 2.75) is 12.8 Å². The van der Waals surface area contributed by atoms with Crippen molar-refractivity contribution >= 4 is 11.8 Å². The molecule has 0 radical (unpaired) electrons. The highest BCUT2D eigenvalue weighted by Crippen LogP contribution is 2.18. The molecule has 1 aromatic carbocycles. The molecule has 2 aromatic rings. The Labute approximate surface area is 146 Å². The van der Waals surface area contributed by atoms with Gasteiger partial charge in [0, 0.05) is 19.0 Å². The lowest BCUT2D eigenvalue weighted by molar-refractivity contribution is -0.121. The highest BCUT2D eigenvalue weighted by molar-refractivity contribution is 5.91. The molecule has 0 unspecified atom stereocenters. The third kappa shape index (κ3) is 6.58. The van der Waals surface area contributed by atoms with Gasteiger partial charge in [0.1, 0.15) is 18.1 Å². The van der Waals surface area contributed by atoms with Crippen molar-refractivity contribution in [2.75, 3.05) is 26.8 Å². The number of furan rings is 1. The lowest BCUT2D eigenvalue weighted by atomic mass is 10.3. The summed E-state index contributed by atoms with van der Waals surface area (Å²) in [5.74, 6) is 1.31. The molecule has 0 fully saturated rings. The van der Waals surface area contributed by atoms with Gasteiger partial charge in [-0.1, -0.05) is 6.07 Å². The van der Waals surface area contributed by atoms with E-state index < -0.39 is 0 Å². The molecular formula is C18H22N2O5. The first kappa shape index (κ1) is 18.4. The lowest BCUT2D eigenvalue weighted by Crippen LogP contribution is -2.29. The van der Waals surface area contributed by atoms with Crippen LogP contribution in [0.25, 0.3) is 0 Å². The Hall–Kier alpha value is -2.96. The van der Waals surface area contributed by atoms with E-state index in [0.29, 0.717) is 38.3 Å². The second-order valence-electron chi connectivity index (χ2n) is 5.21. The number of rotatable bonds is 10. The van der Waals surface area contributed by atoms with Crippen LogP contribution in [0.2, 0.25) is 0 Å². The normalized spacial score (nSPS) is 10.1. The summed E-state index contributed by atoms with van der Waals surface area (Å²) in [7, 11) is 1.59. The van der Waals surface area contributed by atoms with Gasteiger partial charge in [-0.2, -0.15) is 0 Å². The highest BCUT2D eigenvalue weighted by Gasteiger charge is 2.07. The number of benzene rings is 1. The molecule has 0 spiro atoms. The molecule has 0 aliphatic carbocycles. The van der Waals surface area contributed by atoms with Gasteiger partial charge < -0.3 is 24.5 Å². The summed E-state index contributed by atoms with van der Waals surface area (Å²) < 4.78 is 15.6. The minimum Gasteiger partial charge on any atom is -0.497 e. The SMILES string of the molecule is COc1cccc(OCCNC(=O)CCCNC(=O)c2ccco2)c1. The molecular weight excluding hydrogens is 324 g/mol. The number of amides is 2. The van der Waals surface area contributed by atoms with Crippen LogP contribution in [0.4, 0.5) is 0 Å². The van der Waals surface area contributed by atoms with Crippen LogP contribution in [-0.2, 0) is 4.79 Å². The van der Waals surface area contributed by atoms with E-state index >= 15 is 0 Å². The molecule has 0 saturated carbocycles. The van der Waals surface area contributed by atoms with E-state index in [0.717, 1.165) is 5.75 Å². The van der Waals surface area contributed by atoms with Crippen LogP contribution in [0.15, 0.2) is 47.1 Å². The molecule has 7 heteroatoms. The number of ether oxygens (including phenoxy) is 2. The van der Waals surface area contributed by atoms with Crippen LogP contribution in [0, 0.1) is 0 Å². The number of hydrogen-bond donors (Lipinski definition) is 2. The van der Waals surface area contributed by atoms with E-state index in [-0.39, 0.29) is 17.6 Å². The maximum atomic E-state index is 11.7. The zero-order valence-corrected chi connectivity index (χ0v) is 14.1. The third-order valence-corrected chi connectivity index (χ3v) is 3.35. The fourth-order valence-corrected chi connectivity index (χ4v) is 2.08. The fourth-order valence-electron chi connectivity index (χ4n) is 2.08. The third-order valence-electron chi connectivity index (χ3n) is 3.35. The molecule has 1 heterocycles. The summed E-state index contributed by atoms with van der Waals surface area (Å²) >= 11 is 0. The van der Waals surface area contributed by atoms with Crippen LogP contribution in [0.5, 0.6) is 11.5 Å². The van der Waals surface area contributed by atoms with E-state index in [2.05, 4.69) is 10.6 Å². The first-order valence-corrected chi connectivity index (χ1v) is 8.04. The van der Waals surface area contributed by atoms with E-state index in [4.69, 9.17) is 13.9 Å². The van der Waals surface area contributed by atoms with E-state index in [1.54, 1.807) is 25.3 Å². The minimum atomic E-state index is -0.280. The van der Waals surface area contributed by atoms with Crippen LogP contribution < -0.4 is 20.1 Å². The standard InChI is InChI=1S/C18H22N2O5/c1-23-14-5-2-6-15(13-14)24-12-10-19-17(21)8-3-9-20-18(22)16-7-4-11-25-16/h2,4-7,11,13H,3,8-10,12H2,1H3,(H,19,21)(H,20,22). The highest BCUT2D eigenvalue weighted by atomic mass is 16.5. The molecule has 2 rings (SSSR count). The van der Waals surface area contributed by atoms with E-state index in [1.165, 1.54) is 6.26 Å². The first-order valence-electron chi connectivity index (χ1n) is 8.04. The van der Waals surface area contributed by atoms with Crippen molar-refractivity contribution in [3.8, 4) is 11.5 Å². The number of nitrogens with one attached hydrogen (secondary N) is 2. The van der Waals surface area contributed by atoms with Crippen molar-refractivity contribution in [3.63, 3.8) is 0 Å². The van der Waals surface area contributed by atoms with Crippen molar-refractivity contribution in [2.24, 2.45) is 0 Å². The molecule has 2 amide bonds. The average Bonchev–Trinajstić information content (AvgIpc) is 3.17. The predicted octanol–water partition coefficient (Wildman–Crippen LogP) is 1.99. The lowest BCUT2D eigenvalue weighted by Gasteiger charge is -2.09. The molecule has 0 saturated heterocycles. The molecule has 0 bridgehead atoms. The smallest absolute Gasteiger partial charge is 0.286 e. The van der Waals surface area contributed by atoms with Crippen molar-refractivity contribution < 1.29 is 23.5 Å². The maximum absolute atomic E-state index is 11.7. The quantitative estimate of drug-likeness (QED) is 0.642. The zero-order valence-electron chi connectivity index (χ0n) is 14.1. The van der Waals surface area contributed by atoms with Gasteiger partial charge in [0.25, 0.3) is 5.91 Å². The molecule has 2 N–H and O–H groups in total. The van der Waals surface area contributed by atoms with Gasteiger partial charge in [0.2, 0.25) is 5.91 Å². The van der Waals surface area contributed by atoms with Gasteiger partial charge in [0.15, 0.2) is 5.76 Å². The fraction of sp³-hybridized carbons (Fsp3) is 0.333. The summed E-state index contributed by atoms with van der Waals surface area (Å²) in [6.45, 7) is 1.19. The molecule has 0 aliphatic rings. The number of methoxy groups -OCH3 is 1. The largest absolute Gasteiger partial charge is 0.497 e. The minimum absolute atomic E-state index is 0.0820. The van der Waals surface area contributed by atoms with Crippen LogP contribution in [0.3, 0.4) is 0 Å². The second-order valence-corrected chi connectivity index (χ2v) is 5.21. The van der Waals surface area contributed by atoms with Gasteiger partial charge in [-0.15, -0.1) is 0 Å². The van der Waals surface area contributed by atoms with E-state index in [9.17, 15) is 9.59 Å². The Balaban J connectivity index is 1.53. The topological polar surface area (TPSA) is 89.8 Å². The Bertz CT molecular complexity index is 670. The van der Waals surface area contributed by atoms with Gasteiger partial charge in [-0.3, -0.25) is 9.59 Å². The summed E-state index contributed by atoms with van der Waals surface area (Å²) in [5, 5.41) is 5.46. The molecule has 7 nitrogen and oxygen atoms in total. The first-order chi connectivity index (χ1) is 12.2. The summed E-state index contributed by atoms with van der Waals surface area (Å²) in [6.07, 6.45) is 2.32. The Kier molecular flexibility index (Phi) is 7.37. The predicted molar refractivity (Wildman–Crippen MR) is 91.8 cm³/mol. The maximum Gasteiger partial charge on any atom is 0.286 e. The van der Waals surface area contributed by atoms with Gasteiger partial charge in [-0.05, 0) is 30.7 Å². The van der Waals surface area contributed by atoms with Gasteiger partial charge in [0.05, 0.1) is 19.9 Å². The number of hydrogen-bond acceptors (Lipinski definition) is 5. The second kappa shape index (κ2) is 10.0. The summed E-state index contributed by atoms with van der Waals surface area (Å²) in [6, 6.07) is 10.5. The Morgan fingerprint density at radius 3 is 2.68 bits per heavy atom. The van der Waals surface area contributed by atoms with Crippen LogP contribution >= 0.6 is 0 Å². The molecule has 0 aliphatic heterocycles. The molecule has 1 aromatic heterocycles. The van der Waals surface area contributed by atoms with E-state index in [1.807, 2.05) is 18.2 Å². The van der Waals surface area contributed by atoms with Crippen molar-refractivity contribution in [1.29, 1.82) is 0 Å². The average molecular weight is 346 g/mol. The number of carbonyl (C=O) groups is 2. The van der Waals surface area contributed by atoms with Crippen molar-refractivity contribution in [3.05, 3.63) is 48.4 Å². The monoisotopic (exact) mass is 346 g/mol. The summed E-state index contributed by atoms with van der Waals surface area (Å²) in [4.78, 5) is 23.3. The van der Waals surface area contributed by atoms with Crippen molar-refractivity contribution in [1.82, 2.24) is 10.6 Å². The zero-order chi connectivity index (χ0) is 17.9. The number of carbonyl (C=O) groups excluding carboxylic acids is 2. The summed E-state index contributed by atoms with van der Waals surface area (Å²) in [5.41, 5.74) is 0. The Morgan fingerprint density at radius 2 is 1.92 bits per heavy atom. The van der Waals surface area contributed by atoms with Crippen LogP contribution in [-0.4, -0.2) is 38.6 Å². The Morgan fingerprint density at radius 1 is 1.08 bits per heavy atom. The van der Waals surface area contributed by atoms with Crippen LogP contribution in [0.1, 0.15) is 23.4 Å². The molecule has 0 atom stereocenters. The molecule has 134 valence electrons. The van der Waals surface area contributed by atoms with Gasteiger partial charge >= 0.3 is 0 Å². The molecule has 25 heavy (non-hydrogen) atoms.